The molecule has 10 heteroatoms. The summed E-state index contributed by atoms with van der Waals surface area (Å²) < 4.78 is 27.2. The molecule has 0 spiro atoms. The summed E-state index contributed by atoms with van der Waals surface area (Å²) in [4.78, 5) is 17.4. The molecule has 1 aliphatic rings. The van der Waals surface area contributed by atoms with Gasteiger partial charge in [-0.2, -0.15) is 4.31 Å². The van der Waals surface area contributed by atoms with Gasteiger partial charge >= 0.3 is 0 Å². The Hall–Kier alpha value is -1.91. The predicted octanol–water partition coefficient (Wildman–Crippen LogP) is 3.84. The number of carbonyl (C=O) groups is 1. The van der Waals surface area contributed by atoms with Gasteiger partial charge in [-0.15, -0.1) is 23.1 Å². The number of carbonyl (C=O) groups excluding carboxylic acids is 1. The molecule has 2 aromatic carbocycles. The van der Waals surface area contributed by atoms with Gasteiger partial charge < -0.3 is 5.32 Å². The van der Waals surface area contributed by atoms with E-state index in [9.17, 15) is 13.2 Å². The van der Waals surface area contributed by atoms with Gasteiger partial charge in [0.2, 0.25) is 15.9 Å². The number of sulfonamides is 1. The fourth-order valence-corrected chi connectivity index (χ4v) is 7.11. The first kappa shape index (κ1) is 21.3. The molecule has 30 heavy (non-hydrogen) atoms. The topological polar surface area (TPSA) is 79.4 Å². The maximum Gasteiger partial charge on any atom is 0.244 e. The molecule has 1 aromatic heterocycles. The SMILES string of the molecule is O=C(NCc1csc(-c2ccccc2)n1)C1CSCN1S(=O)(=O)c1ccc(Cl)cc1. The zero-order valence-electron chi connectivity index (χ0n) is 15.7. The molecule has 0 bridgehead atoms. The molecule has 1 atom stereocenters. The minimum absolute atomic E-state index is 0.124. The average Bonchev–Trinajstić information content (AvgIpc) is 3.43. The highest BCUT2D eigenvalue weighted by molar-refractivity contribution is 8.00. The summed E-state index contributed by atoms with van der Waals surface area (Å²) in [5, 5.41) is 6.06. The molecule has 4 rings (SSSR count). The van der Waals surface area contributed by atoms with Gasteiger partial charge in [-0.25, -0.2) is 13.4 Å². The van der Waals surface area contributed by atoms with Crippen LogP contribution in [0.2, 0.25) is 5.02 Å². The Bertz CT molecular complexity index is 1130. The first-order chi connectivity index (χ1) is 14.4. The van der Waals surface area contributed by atoms with Gasteiger partial charge in [-0.05, 0) is 24.3 Å². The highest BCUT2D eigenvalue weighted by atomic mass is 35.5. The zero-order chi connectivity index (χ0) is 21.1. The standard InChI is InChI=1S/C20H18ClN3O3S3/c21-15-6-8-17(9-7-15)30(26,27)24-13-28-12-18(24)19(25)22-10-16-11-29-20(23-16)14-4-2-1-3-5-14/h1-9,11,18H,10,12-13H2,(H,22,25). The Morgan fingerprint density at radius 2 is 1.90 bits per heavy atom. The van der Waals surface area contributed by atoms with Crippen molar-refractivity contribution in [2.24, 2.45) is 0 Å². The Morgan fingerprint density at radius 1 is 1.17 bits per heavy atom. The second kappa shape index (κ2) is 9.07. The van der Waals surface area contributed by atoms with Crippen LogP contribution in [0.15, 0.2) is 64.9 Å². The normalized spacial score (nSPS) is 17.2. The van der Waals surface area contributed by atoms with Crippen LogP contribution in [0.4, 0.5) is 0 Å². The molecular formula is C20H18ClN3O3S3. The quantitative estimate of drug-likeness (QED) is 0.581. The second-order valence-corrected chi connectivity index (χ2v) is 10.8. The van der Waals surface area contributed by atoms with E-state index in [4.69, 9.17) is 11.6 Å². The number of thioether (sulfide) groups is 1. The largest absolute Gasteiger partial charge is 0.349 e. The second-order valence-electron chi connectivity index (χ2n) is 6.59. The number of benzene rings is 2. The van der Waals surface area contributed by atoms with Crippen LogP contribution in [-0.4, -0.2) is 41.3 Å². The van der Waals surface area contributed by atoms with Crippen molar-refractivity contribution in [3.63, 3.8) is 0 Å². The Balaban J connectivity index is 1.43. The molecule has 1 saturated heterocycles. The van der Waals surface area contributed by atoms with Crippen LogP contribution in [0.3, 0.4) is 0 Å². The van der Waals surface area contributed by atoms with Gasteiger partial charge in [0.05, 0.1) is 23.0 Å². The lowest BCUT2D eigenvalue weighted by molar-refractivity contribution is -0.124. The molecule has 0 radical (unpaired) electrons. The number of halogens is 1. The van der Waals surface area contributed by atoms with Crippen molar-refractivity contribution in [1.82, 2.24) is 14.6 Å². The number of nitrogens with one attached hydrogen (secondary N) is 1. The van der Waals surface area contributed by atoms with E-state index in [-0.39, 0.29) is 23.2 Å². The van der Waals surface area contributed by atoms with Gasteiger partial charge in [0.25, 0.3) is 0 Å². The monoisotopic (exact) mass is 479 g/mol. The van der Waals surface area contributed by atoms with E-state index < -0.39 is 16.1 Å². The van der Waals surface area contributed by atoms with Crippen molar-refractivity contribution >= 4 is 50.6 Å². The van der Waals surface area contributed by atoms with Crippen LogP contribution < -0.4 is 5.32 Å². The minimum Gasteiger partial charge on any atom is -0.349 e. The third-order valence-corrected chi connectivity index (χ3v) is 8.82. The van der Waals surface area contributed by atoms with Crippen molar-refractivity contribution in [3.8, 4) is 10.6 Å². The van der Waals surface area contributed by atoms with E-state index in [1.807, 2.05) is 35.7 Å². The zero-order valence-corrected chi connectivity index (χ0v) is 18.9. The van der Waals surface area contributed by atoms with Crippen molar-refractivity contribution < 1.29 is 13.2 Å². The Kier molecular flexibility index (Phi) is 6.45. The summed E-state index contributed by atoms with van der Waals surface area (Å²) in [7, 11) is -3.79. The van der Waals surface area contributed by atoms with Crippen molar-refractivity contribution in [2.75, 3.05) is 11.6 Å². The van der Waals surface area contributed by atoms with Crippen LogP contribution >= 0.6 is 34.7 Å². The van der Waals surface area contributed by atoms with E-state index in [1.165, 1.54) is 51.7 Å². The lowest BCUT2D eigenvalue weighted by Gasteiger charge is -2.22. The molecule has 156 valence electrons. The maximum absolute atomic E-state index is 13.0. The molecule has 6 nitrogen and oxygen atoms in total. The molecule has 2 heterocycles. The number of hydrogen-bond acceptors (Lipinski definition) is 6. The molecule has 1 amide bonds. The summed E-state index contributed by atoms with van der Waals surface area (Å²) in [6, 6.07) is 15.0. The van der Waals surface area contributed by atoms with Crippen LogP contribution in [0.5, 0.6) is 0 Å². The van der Waals surface area contributed by atoms with Crippen molar-refractivity contribution in [2.45, 2.75) is 17.5 Å². The first-order valence-corrected chi connectivity index (χ1v) is 12.9. The van der Waals surface area contributed by atoms with Crippen LogP contribution in [0, 0.1) is 0 Å². The molecule has 1 aliphatic heterocycles. The van der Waals surface area contributed by atoms with Crippen LogP contribution in [-0.2, 0) is 21.4 Å². The number of aromatic nitrogens is 1. The summed E-state index contributed by atoms with van der Waals surface area (Å²) in [6.07, 6.45) is 0. The lowest BCUT2D eigenvalue weighted by atomic mass is 10.2. The van der Waals surface area contributed by atoms with E-state index >= 15 is 0 Å². The number of rotatable bonds is 6. The fraction of sp³-hybridized carbons (Fsp3) is 0.200. The lowest BCUT2D eigenvalue weighted by Crippen LogP contribution is -2.46. The highest BCUT2D eigenvalue weighted by Crippen LogP contribution is 2.29. The van der Waals surface area contributed by atoms with Gasteiger partial charge in [0.15, 0.2) is 0 Å². The summed E-state index contributed by atoms with van der Waals surface area (Å²) in [5.74, 6) is 0.315. The molecular weight excluding hydrogens is 462 g/mol. The number of amides is 1. The summed E-state index contributed by atoms with van der Waals surface area (Å²) in [5.41, 5.74) is 1.76. The summed E-state index contributed by atoms with van der Waals surface area (Å²) in [6.45, 7) is 0.248. The predicted molar refractivity (Wildman–Crippen MR) is 121 cm³/mol. The maximum atomic E-state index is 13.0. The molecule has 1 fully saturated rings. The summed E-state index contributed by atoms with van der Waals surface area (Å²) >= 11 is 8.78. The third kappa shape index (κ3) is 4.55. The highest BCUT2D eigenvalue weighted by Gasteiger charge is 2.39. The molecule has 0 saturated carbocycles. The van der Waals surface area contributed by atoms with Crippen LogP contribution in [0.1, 0.15) is 5.69 Å². The van der Waals surface area contributed by atoms with Crippen molar-refractivity contribution in [3.05, 3.63) is 70.7 Å². The van der Waals surface area contributed by atoms with E-state index in [0.717, 1.165) is 16.3 Å². The third-order valence-electron chi connectivity index (χ3n) is 4.58. The van der Waals surface area contributed by atoms with Crippen molar-refractivity contribution in [1.29, 1.82) is 0 Å². The average molecular weight is 480 g/mol. The molecule has 3 aromatic rings. The molecule has 1 N–H and O–H groups in total. The smallest absolute Gasteiger partial charge is 0.244 e. The van der Waals surface area contributed by atoms with Crippen LogP contribution in [0.25, 0.3) is 10.6 Å². The van der Waals surface area contributed by atoms with Gasteiger partial charge in [0.1, 0.15) is 11.0 Å². The van der Waals surface area contributed by atoms with E-state index in [2.05, 4.69) is 10.3 Å². The first-order valence-electron chi connectivity index (χ1n) is 9.08. The van der Waals surface area contributed by atoms with E-state index in [0.29, 0.717) is 10.8 Å². The van der Waals surface area contributed by atoms with E-state index in [1.54, 1.807) is 0 Å². The number of hydrogen-bond donors (Lipinski definition) is 1. The number of thiazole rings is 1. The Morgan fingerprint density at radius 3 is 2.63 bits per heavy atom. The Labute approximate surface area is 188 Å². The molecule has 0 aliphatic carbocycles. The fourth-order valence-electron chi connectivity index (χ4n) is 3.01. The van der Waals surface area contributed by atoms with Gasteiger partial charge in [0, 0.05) is 21.7 Å². The van der Waals surface area contributed by atoms with Gasteiger partial charge in [-0.1, -0.05) is 41.9 Å². The molecule has 1 unspecified atom stereocenters. The van der Waals surface area contributed by atoms with Gasteiger partial charge in [-0.3, -0.25) is 4.79 Å². The minimum atomic E-state index is -3.79. The number of nitrogens with zero attached hydrogens (tertiary/aromatic N) is 2.